The Labute approximate surface area is 59.2 Å². The van der Waals surface area contributed by atoms with Gasteiger partial charge in [-0.3, -0.25) is 4.99 Å². The molecule has 0 saturated heterocycles. The molecule has 1 aliphatic heterocycles. The zero-order chi connectivity index (χ0) is 6.69. The van der Waals surface area contributed by atoms with Gasteiger partial charge in [0.1, 0.15) is 10.9 Å². The molecule has 0 saturated carbocycles. The van der Waals surface area contributed by atoms with Crippen LogP contribution in [0.5, 0.6) is 0 Å². The van der Waals surface area contributed by atoms with E-state index >= 15 is 0 Å². The van der Waals surface area contributed by atoms with Crippen LogP contribution in [0.1, 0.15) is 6.42 Å². The number of rotatable bonds is 1. The van der Waals surface area contributed by atoms with Gasteiger partial charge in [-0.15, -0.1) is 0 Å². The summed E-state index contributed by atoms with van der Waals surface area (Å²) in [7, 11) is 1.64. The summed E-state index contributed by atoms with van der Waals surface area (Å²) >= 11 is 5.58. The quantitative estimate of drug-likeness (QED) is 0.549. The van der Waals surface area contributed by atoms with Crippen molar-refractivity contribution in [2.45, 2.75) is 6.42 Å². The minimum atomic E-state index is 0.540. The van der Waals surface area contributed by atoms with Gasteiger partial charge in [0.2, 0.25) is 0 Å². The van der Waals surface area contributed by atoms with Crippen LogP contribution in [-0.2, 0) is 4.74 Å². The van der Waals surface area contributed by atoms with E-state index in [2.05, 4.69) is 4.99 Å². The third-order valence-electron chi connectivity index (χ3n) is 1.16. The SMILES string of the molecule is COC1=CC(Cl)=NCC1. The summed E-state index contributed by atoms with van der Waals surface area (Å²) in [6.45, 7) is 0.749. The van der Waals surface area contributed by atoms with E-state index in [0.29, 0.717) is 5.17 Å². The van der Waals surface area contributed by atoms with Crippen molar-refractivity contribution < 1.29 is 4.74 Å². The van der Waals surface area contributed by atoms with Gasteiger partial charge >= 0.3 is 0 Å². The molecule has 0 N–H and O–H groups in total. The van der Waals surface area contributed by atoms with E-state index in [1.165, 1.54) is 0 Å². The predicted octanol–water partition coefficient (Wildman–Crippen LogP) is 1.56. The number of methoxy groups -OCH3 is 1. The zero-order valence-corrected chi connectivity index (χ0v) is 5.98. The molecule has 2 nitrogen and oxygen atoms in total. The standard InChI is InChI=1S/C6H8ClNO/c1-9-5-2-3-8-6(7)4-5/h4H,2-3H2,1H3. The lowest BCUT2D eigenvalue weighted by molar-refractivity contribution is 0.278. The van der Waals surface area contributed by atoms with Crippen molar-refractivity contribution in [2.75, 3.05) is 13.7 Å². The third-order valence-corrected chi connectivity index (χ3v) is 1.39. The van der Waals surface area contributed by atoms with Gasteiger partial charge in [-0.2, -0.15) is 0 Å². The molecular weight excluding hydrogens is 138 g/mol. The molecule has 3 heteroatoms. The van der Waals surface area contributed by atoms with Crippen LogP contribution in [0.3, 0.4) is 0 Å². The molecule has 0 atom stereocenters. The van der Waals surface area contributed by atoms with Crippen LogP contribution in [0.2, 0.25) is 0 Å². The molecule has 0 aromatic rings. The molecule has 0 unspecified atom stereocenters. The number of ether oxygens (including phenoxy) is 1. The molecule has 1 aliphatic rings. The molecule has 1 heterocycles. The van der Waals surface area contributed by atoms with Crippen LogP contribution in [0.4, 0.5) is 0 Å². The normalized spacial score (nSPS) is 18.4. The second-order valence-corrected chi connectivity index (χ2v) is 2.16. The van der Waals surface area contributed by atoms with Crippen molar-refractivity contribution in [2.24, 2.45) is 4.99 Å². The number of aliphatic imine (C=N–C) groups is 1. The number of halogens is 1. The van der Waals surface area contributed by atoms with Gasteiger partial charge in [0.25, 0.3) is 0 Å². The Bertz CT molecular complexity index is 162. The highest BCUT2D eigenvalue weighted by Crippen LogP contribution is 2.09. The molecule has 0 aliphatic carbocycles. The second-order valence-electron chi connectivity index (χ2n) is 1.77. The van der Waals surface area contributed by atoms with Gasteiger partial charge in [-0.05, 0) is 0 Å². The second kappa shape index (κ2) is 2.87. The fraction of sp³-hybridized carbons (Fsp3) is 0.500. The topological polar surface area (TPSA) is 21.6 Å². The fourth-order valence-corrected chi connectivity index (χ4v) is 0.891. The molecule has 50 valence electrons. The number of dihydropyridines is 1. The molecule has 9 heavy (non-hydrogen) atoms. The van der Waals surface area contributed by atoms with E-state index in [1.54, 1.807) is 13.2 Å². The largest absolute Gasteiger partial charge is 0.501 e. The maximum atomic E-state index is 5.58. The summed E-state index contributed by atoms with van der Waals surface area (Å²) in [5.41, 5.74) is 0. The maximum absolute atomic E-state index is 5.58. The number of nitrogens with zero attached hydrogens (tertiary/aromatic N) is 1. The number of hydrogen-bond donors (Lipinski definition) is 0. The summed E-state index contributed by atoms with van der Waals surface area (Å²) in [6.07, 6.45) is 2.61. The molecule has 0 aromatic carbocycles. The van der Waals surface area contributed by atoms with Crippen LogP contribution < -0.4 is 0 Å². The first-order valence-corrected chi connectivity index (χ1v) is 3.15. The van der Waals surface area contributed by atoms with E-state index in [9.17, 15) is 0 Å². The van der Waals surface area contributed by atoms with Crippen molar-refractivity contribution >= 4 is 16.8 Å². The molecule has 0 amide bonds. The van der Waals surface area contributed by atoms with Gasteiger partial charge in [0.15, 0.2) is 0 Å². The Morgan fingerprint density at radius 3 is 3.00 bits per heavy atom. The molecular formula is C6H8ClNO. The lowest BCUT2D eigenvalue weighted by Gasteiger charge is -2.07. The summed E-state index contributed by atoms with van der Waals surface area (Å²) in [5.74, 6) is 0.912. The average molecular weight is 146 g/mol. The first kappa shape index (κ1) is 6.62. The van der Waals surface area contributed by atoms with E-state index in [1.807, 2.05) is 0 Å². The number of allylic oxidation sites excluding steroid dienone is 1. The van der Waals surface area contributed by atoms with Gasteiger partial charge < -0.3 is 4.74 Å². The monoisotopic (exact) mass is 145 g/mol. The highest BCUT2D eigenvalue weighted by molar-refractivity contribution is 6.68. The Balaban J connectivity index is 2.63. The molecule has 0 spiro atoms. The summed E-state index contributed by atoms with van der Waals surface area (Å²) in [5, 5.41) is 0.540. The summed E-state index contributed by atoms with van der Waals surface area (Å²) in [4.78, 5) is 3.95. The highest BCUT2D eigenvalue weighted by atomic mass is 35.5. The van der Waals surface area contributed by atoms with Crippen LogP contribution in [0, 0.1) is 0 Å². The first-order valence-electron chi connectivity index (χ1n) is 2.77. The molecule has 0 fully saturated rings. The van der Waals surface area contributed by atoms with E-state index in [4.69, 9.17) is 16.3 Å². The van der Waals surface area contributed by atoms with Crippen molar-refractivity contribution in [1.29, 1.82) is 0 Å². The van der Waals surface area contributed by atoms with Gasteiger partial charge in [0, 0.05) is 19.0 Å². The summed E-state index contributed by atoms with van der Waals surface area (Å²) in [6, 6.07) is 0. The minimum Gasteiger partial charge on any atom is -0.501 e. The van der Waals surface area contributed by atoms with Crippen molar-refractivity contribution in [1.82, 2.24) is 0 Å². The van der Waals surface area contributed by atoms with Crippen LogP contribution in [-0.4, -0.2) is 18.8 Å². The fourth-order valence-electron chi connectivity index (χ4n) is 0.685. The molecule has 0 bridgehead atoms. The first-order chi connectivity index (χ1) is 4.33. The Morgan fingerprint density at radius 2 is 2.56 bits per heavy atom. The lowest BCUT2D eigenvalue weighted by Crippen LogP contribution is -2.00. The predicted molar refractivity (Wildman–Crippen MR) is 37.9 cm³/mol. The number of hydrogen-bond acceptors (Lipinski definition) is 2. The van der Waals surface area contributed by atoms with E-state index in [-0.39, 0.29) is 0 Å². The van der Waals surface area contributed by atoms with E-state index in [0.717, 1.165) is 18.7 Å². The Kier molecular flexibility index (Phi) is 2.11. The Morgan fingerprint density at radius 1 is 1.78 bits per heavy atom. The highest BCUT2D eigenvalue weighted by Gasteiger charge is 2.02. The average Bonchev–Trinajstić information content (AvgIpc) is 1.88. The maximum Gasteiger partial charge on any atom is 0.126 e. The van der Waals surface area contributed by atoms with Crippen molar-refractivity contribution in [3.8, 4) is 0 Å². The summed E-state index contributed by atoms with van der Waals surface area (Å²) < 4.78 is 4.96. The van der Waals surface area contributed by atoms with Crippen molar-refractivity contribution in [3.05, 3.63) is 11.8 Å². The van der Waals surface area contributed by atoms with Crippen LogP contribution in [0.25, 0.3) is 0 Å². The van der Waals surface area contributed by atoms with Crippen LogP contribution >= 0.6 is 11.6 Å². The smallest absolute Gasteiger partial charge is 0.126 e. The van der Waals surface area contributed by atoms with Crippen molar-refractivity contribution in [3.63, 3.8) is 0 Å². The Hall–Kier alpha value is -0.500. The third kappa shape index (κ3) is 1.72. The van der Waals surface area contributed by atoms with Gasteiger partial charge in [-0.1, -0.05) is 11.6 Å². The molecule has 0 aromatic heterocycles. The van der Waals surface area contributed by atoms with Gasteiger partial charge in [0.05, 0.1) is 7.11 Å². The lowest BCUT2D eigenvalue weighted by atomic mass is 10.3. The zero-order valence-electron chi connectivity index (χ0n) is 5.22. The minimum absolute atomic E-state index is 0.540. The molecule has 1 rings (SSSR count). The van der Waals surface area contributed by atoms with E-state index < -0.39 is 0 Å². The molecule has 0 radical (unpaired) electrons. The van der Waals surface area contributed by atoms with Gasteiger partial charge in [-0.25, -0.2) is 0 Å². The van der Waals surface area contributed by atoms with Crippen LogP contribution in [0.15, 0.2) is 16.8 Å².